The lowest BCUT2D eigenvalue weighted by atomic mass is 10.1. The van der Waals surface area contributed by atoms with Gasteiger partial charge in [0, 0.05) is 0 Å². The number of hydrogen-bond acceptors (Lipinski definition) is 8. The zero-order chi connectivity index (χ0) is 15.8. The first kappa shape index (κ1) is 17.5. The number of hydrogen-bond donors (Lipinski definition) is 4. The molecule has 8 heteroatoms. The van der Waals surface area contributed by atoms with Crippen molar-refractivity contribution >= 4 is 5.97 Å². The third kappa shape index (κ3) is 6.63. The van der Waals surface area contributed by atoms with Crippen LogP contribution in [0.15, 0.2) is 24.3 Å². The summed E-state index contributed by atoms with van der Waals surface area (Å²) in [6.07, 6.45) is 0.272. The van der Waals surface area contributed by atoms with Crippen molar-refractivity contribution < 1.29 is 29.9 Å². The Kier molecular flexibility index (Phi) is 7.23. The Labute approximate surface area is 122 Å². The van der Waals surface area contributed by atoms with Crippen LogP contribution in [0.3, 0.4) is 0 Å². The Morgan fingerprint density at radius 1 is 1.33 bits per heavy atom. The Morgan fingerprint density at radius 2 is 1.95 bits per heavy atom. The molecule has 0 aliphatic carbocycles. The number of aliphatic hydroxyl groups excluding tert-OH is 1. The van der Waals surface area contributed by atoms with Crippen LogP contribution in [-0.2, 0) is 16.1 Å². The van der Waals surface area contributed by atoms with Crippen LogP contribution in [0.25, 0.3) is 0 Å². The lowest BCUT2D eigenvalue weighted by Crippen LogP contribution is -2.42. The SMILES string of the molecule is CC(O)C(N)C(=O)Oc1ccc(CCCON(O)O)cc1. The molecule has 1 aromatic rings. The van der Waals surface area contributed by atoms with Gasteiger partial charge >= 0.3 is 5.97 Å². The molecular formula is C13H20N2O6. The lowest BCUT2D eigenvalue weighted by molar-refractivity contribution is -0.492. The molecule has 0 aliphatic heterocycles. The summed E-state index contributed by atoms with van der Waals surface area (Å²) in [6.45, 7) is 1.57. The van der Waals surface area contributed by atoms with Crippen LogP contribution in [-0.4, -0.2) is 45.6 Å². The fourth-order valence-corrected chi connectivity index (χ4v) is 1.53. The van der Waals surface area contributed by atoms with E-state index in [9.17, 15) is 9.90 Å². The van der Waals surface area contributed by atoms with E-state index in [2.05, 4.69) is 4.84 Å². The molecule has 0 fully saturated rings. The molecule has 0 amide bonds. The van der Waals surface area contributed by atoms with Crippen molar-refractivity contribution in [3.05, 3.63) is 29.8 Å². The molecule has 0 heterocycles. The summed E-state index contributed by atoms with van der Waals surface area (Å²) < 4.78 is 5.03. The summed E-state index contributed by atoms with van der Waals surface area (Å²) in [7, 11) is 0. The minimum atomic E-state index is -1.08. The number of carbonyl (C=O) groups is 1. The van der Waals surface area contributed by atoms with E-state index in [1.165, 1.54) is 6.92 Å². The van der Waals surface area contributed by atoms with Gasteiger partial charge in [0.25, 0.3) is 0 Å². The zero-order valence-electron chi connectivity index (χ0n) is 11.7. The van der Waals surface area contributed by atoms with Gasteiger partial charge in [0.2, 0.25) is 0 Å². The molecule has 0 spiro atoms. The average Bonchev–Trinajstić information content (AvgIpc) is 2.44. The van der Waals surface area contributed by atoms with Gasteiger partial charge in [0.1, 0.15) is 11.8 Å². The van der Waals surface area contributed by atoms with E-state index in [-0.39, 0.29) is 12.0 Å². The number of carbonyl (C=O) groups excluding carboxylic acids is 1. The summed E-state index contributed by atoms with van der Waals surface area (Å²) in [5, 5.41) is 25.6. The van der Waals surface area contributed by atoms with Crippen LogP contribution < -0.4 is 10.5 Å². The summed E-state index contributed by atoms with van der Waals surface area (Å²) in [5.41, 5.74) is 6.43. The molecule has 118 valence electrons. The molecule has 2 unspecified atom stereocenters. The first-order valence-electron chi connectivity index (χ1n) is 6.45. The zero-order valence-corrected chi connectivity index (χ0v) is 11.7. The van der Waals surface area contributed by atoms with E-state index < -0.39 is 18.1 Å². The monoisotopic (exact) mass is 300 g/mol. The predicted octanol–water partition coefficient (Wildman–Crippen LogP) is 0.245. The normalized spacial score (nSPS) is 14.0. The van der Waals surface area contributed by atoms with Crippen LogP contribution in [0.5, 0.6) is 5.75 Å². The van der Waals surface area contributed by atoms with E-state index in [4.69, 9.17) is 20.9 Å². The van der Waals surface area contributed by atoms with E-state index >= 15 is 0 Å². The Hall–Kier alpha value is -1.55. The summed E-state index contributed by atoms with van der Waals surface area (Å²) in [5.74, 6) is -0.356. The van der Waals surface area contributed by atoms with Gasteiger partial charge in [-0.1, -0.05) is 12.1 Å². The highest BCUT2D eigenvalue weighted by Crippen LogP contribution is 2.14. The number of nitrogens with zero attached hydrogens (tertiary/aromatic N) is 1. The van der Waals surface area contributed by atoms with Crippen LogP contribution in [0.2, 0.25) is 0 Å². The number of ether oxygens (including phenoxy) is 1. The average molecular weight is 300 g/mol. The maximum atomic E-state index is 11.5. The molecule has 0 bridgehead atoms. The van der Waals surface area contributed by atoms with Gasteiger partial charge in [-0.25, -0.2) is 4.79 Å². The van der Waals surface area contributed by atoms with Crippen LogP contribution in [0, 0.1) is 0 Å². The highest BCUT2D eigenvalue weighted by molar-refractivity contribution is 5.78. The summed E-state index contributed by atoms with van der Waals surface area (Å²) in [6, 6.07) is 5.69. The summed E-state index contributed by atoms with van der Waals surface area (Å²) >= 11 is 0. The molecule has 1 aromatic carbocycles. The number of aryl methyl sites for hydroxylation is 1. The van der Waals surface area contributed by atoms with Crippen LogP contribution in [0.4, 0.5) is 0 Å². The van der Waals surface area contributed by atoms with Crippen molar-refractivity contribution in [1.82, 2.24) is 5.39 Å². The molecule has 0 saturated carbocycles. The quantitative estimate of drug-likeness (QED) is 0.233. The van der Waals surface area contributed by atoms with Gasteiger partial charge in [0.15, 0.2) is 0 Å². The Balaban J connectivity index is 2.41. The largest absolute Gasteiger partial charge is 0.425 e. The predicted molar refractivity (Wildman–Crippen MR) is 71.4 cm³/mol. The van der Waals surface area contributed by atoms with E-state index in [1.54, 1.807) is 24.3 Å². The fraction of sp³-hybridized carbons (Fsp3) is 0.462. The molecule has 21 heavy (non-hydrogen) atoms. The molecule has 2 atom stereocenters. The van der Waals surface area contributed by atoms with Gasteiger partial charge in [-0.05, 0) is 37.5 Å². The molecule has 0 aromatic heterocycles. The molecule has 1 rings (SSSR count). The van der Waals surface area contributed by atoms with E-state index in [0.29, 0.717) is 18.6 Å². The topological polar surface area (TPSA) is 125 Å². The van der Waals surface area contributed by atoms with Gasteiger partial charge in [-0.2, -0.15) is 0 Å². The lowest BCUT2D eigenvalue weighted by Gasteiger charge is -2.13. The number of rotatable bonds is 8. The second kappa shape index (κ2) is 8.67. The van der Waals surface area contributed by atoms with Crippen molar-refractivity contribution in [3.8, 4) is 5.75 Å². The fourth-order valence-electron chi connectivity index (χ4n) is 1.53. The molecule has 5 N–H and O–H groups in total. The molecule has 0 aliphatic rings. The minimum Gasteiger partial charge on any atom is -0.425 e. The van der Waals surface area contributed by atoms with Gasteiger partial charge in [-0.3, -0.25) is 15.3 Å². The van der Waals surface area contributed by atoms with Crippen molar-refractivity contribution in [2.45, 2.75) is 31.9 Å². The summed E-state index contributed by atoms with van der Waals surface area (Å²) in [4.78, 5) is 16.0. The highest BCUT2D eigenvalue weighted by atomic mass is 17.1. The van der Waals surface area contributed by atoms with Crippen molar-refractivity contribution in [3.63, 3.8) is 0 Å². The maximum absolute atomic E-state index is 11.5. The third-order valence-electron chi connectivity index (χ3n) is 2.75. The minimum absolute atomic E-state index is 0.160. The Morgan fingerprint density at radius 3 is 2.48 bits per heavy atom. The second-order valence-electron chi connectivity index (χ2n) is 4.52. The second-order valence-corrected chi connectivity index (χ2v) is 4.52. The van der Waals surface area contributed by atoms with E-state index in [1.807, 2.05) is 0 Å². The highest BCUT2D eigenvalue weighted by Gasteiger charge is 2.20. The molecule has 8 nitrogen and oxygen atoms in total. The first-order valence-corrected chi connectivity index (χ1v) is 6.45. The molecule has 0 radical (unpaired) electrons. The van der Waals surface area contributed by atoms with Crippen LogP contribution >= 0.6 is 0 Å². The molecule has 0 saturated heterocycles. The first-order chi connectivity index (χ1) is 9.90. The number of esters is 1. The van der Waals surface area contributed by atoms with Gasteiger partial charge < -0.3 is 15.6 Å². The van der Waals surface area contributed by atoms with Gasteiger partial charge in [0.05, 0.1) is 18.1 Å². The standard InChI is InChI=1S/C13H20N2O6/c1-9(16)12(14)13(17)21-11-6-4-10(5-7-11)3-2-8-20-15(18)19/h4-7,9,12,16,18-19H,2-3,8,14H2,1H3. The number of nitrogens with two attached hydrogens (primary N) is 1. The van der Waals surface area contributed by atoms with Crippen molar-refractivity contribution in [1.29, 1.82) is 0 Å². The maximum Gasteiger partial charge on any atom is 0.330 e. The van der Waals surface area contributed by atoms with E-state index in [0.717, 1.165) is 5.56 Å². The number of aliphatic hydroxyl groups is 1. The van der Waals surface area contributed by atoms with Crippen LogP contribution in [0.1, 0.15) is 18.9 Å². The molecular weight excluding hydrogens is 280 g/mol. The van der Waals surface area contributed by atoms with Gasteiger partial charge in [-0.15, -0.1) is 0 Å². The van der Waals surface area contributed by atoms with Crippen molar-refractivity contribution in [2.75, 3.05) is 6.61 Å². The Bertz CT molecular complexity index is 435. The number of benzene rings is 1. The smallest absolute Gasteiger partial charge is 0.330 e. The third-order valence-corrected chi connectivity index (χ3v) is 2.75. The van der Waals surface area contributed by atoms with Crippen molar-refractivity contribution in [2.24, 2.45) is 5.73 Å².